The number of ether oxygens (including phenoxy) is 1. The maximum absolute atomic E-state index is 5.50. The van der Waals surface area contributed by atoms with E-state index in [1.807, 2.05) is 12.1 Å². The van der Waals surface area contributed by atoms with Crippen LogP contribution in [0, 0.1) is 0 Å². The van der Waals surface area contributed by atoms with E-state index in [0.717, 1.165) is 11.1 Å². The van der Waals surface area contributed by atoms with Gasteiger partial charge in [-0.25, -0.2) is 4.98 Å². The zero-order valence-corrected chi connectivity index (χ0v) is 5.95. The normalized spacial score (nSPS) is 13.8. The van der Waals surface area contributed by atoms with E-state index in [1.54, 1.807) is 12.5 Å². The highest BCUT2D eigenvalue weighted by Crippen LogP contribution is 2.17. The van der Waals surface area contributed by atoms with Crippen molar-refractivity contribution in [2.24, 2.45) is 0 Å². The van der Waals surface area contributed by atoms with E-state index in [1.165, 1.54) is 0 Å². The Morgan fingerprint density at radius 2 is 2.45 bits per heavy atom. The van der Waals surface area contributed by atoms with Crippen LogP contribution in [0.4, 0.5) is 5.82 Å². The first-order valence-electron chi connectivity index (χ1n) is 3.39. The van der Waals surface area contributed by atoms with Gasteiger partial charge in [-0.1, -0.05) is 0 Å². The Labute approximate surface area is 64.5 Å². The first-order chi connectivity index (χ1) is 5.36. The molecule has 0 spiro atoms. The second kappa shape index (κ2) is 2.27. The summed E-state index contributed by atoms with van der Waals surface area (Å²) in [5, 5.41) is 0. The predicted molar refractivity (Wildman–Crippen MR) is 42.5 cm³/mol. The number of aromatic nitrogens is 1. The van der Waals surface area contributed by atoms with Crippen molar-refractivity contribution in [2.45, 2.75) is 6.61 Å². The molecule has 11 heavy (non-hydrogen) atoms. The van der Waals surface area contributed by atoms with Gasteiger partial charge in [0.25, 0.3) is 0 Å². The van der Waals surface area contributed by atoms with Crippen LogP contribution in [0.15, 0.2) is 18.5 Å². The number of pyridine rings is 1. The minimum Gasteiger partial charge on any atom is -0.496 e. The molecule has 1 aliphatic rings. The minimum absolute atomic E-state index is 0.551. The van der Waals surface area contributed by atoms with Gasteiger partial charge >= 0.3 is 0 Å². The van der Waals surface area contributed by atoms with Crippen molar-refractivity contribution in [3.8, 4) is 0 Å². The molecular weight excluding hydrogens is 140 g/mol. The molecule has 0 amide bonds. The van der Waals surface area contributed by atoms with Crippen molar-refractivity contribution < 1.29 is 4.74 Å². The summed E-state index contributed by atoms with van der Waals surface area (Å²) in [5.41, 5.74) is 7.68. The van der Waals surface area contributed by atoms with Gasteiger partial charge in [0.05, 0.1) is 6.26 Å². The zero-order valence-electron chi connectivity index (χ0n) is 5.95. The smallest absolute Gasteiger partial charge is 0.123 e. The number of hydrogen-bond donors (Lipinski definition) is 1. The van der Waals surface area contributed by atoms with Gasteiger partial charge in [0.15, 0.2) is 0 Å². The first-order valence-corrected chi connectivity index (χ1v) is 3.39. The number of nitrogens with two attached hydrogens (primary N) is 1. The van der Waals surface area contributed by atoms with Gasteiger partial charge in [-0.15, -0.1) is 0 Å². The molecule has 0 aliphatic carbocycles. The number of fused-ring (bicyclic) bond motifs is 1. The number of nitrogen functional groups attached to an aromatic ring is 1. The third-order valence-electron chi connectivity index (χ3n) is 1.63. The fourth-order valence-corrected chi connectivity index (χ4v) is 1.05. The lowest BCUT2D eigenvalue weighted by Gasteiger charge is -2.10. The van der Waals surface area contributed by atoms with Crippen LogP contribution in [0.3, 0.4) is 0 Å². The van der Waals surface area contributed by atoms with Crippen LogP contribution in [0.25, 0.3) is 6.08 Å². The van der Waals surface area contributed by atoms with Gasteiger partial charge in [-0.2, -0.15) is 0 Å². The Balaban J connectivity index is 2.54. The number of hydrogen-bond acceptors (Lipinski definition) is 3. The van der Waals surface area contributed by atoms with Gasteiger partial charge in [0.1, 0.15) is 12.4 Å². The van der Waals surface area contributed by atoms with Gasteiger partial charge < -0.3 is 10.5 Å². The van der Waals surface area contributed by atoms with E-state index < -0.39 is 0 Å². The summed E-state index contributed by atoms with van der Waals surface area (Å²) < 4.78 is 5.07. The molecule has 0 unspecified atom stereocenters. The summed E-state index contributed by atoms with van der Waals surface area (Å²) in [6.45, 7) is 0.596. The average molecular weight is 148 g/mol. The van der Waals surface area contributed by atoms with E-state index in [9.17, 15) is 0 Å². The number of rotatable bonds is 0. The van der Waals surface area contributed by atoms with Crippen LogP contribution in [0.1, 0.15) is 11.1 Å². The Kier molecular flexibility index (Phi) is 1.28. The molecule has 0 atom stereocenters. The summed E-state index contributed by atoms with van der Waals surface area (Å²) in [4.78, 5) is 3.96. The monoisotopic (exact) mass is 148 g/mol. The lowest BCUT2D eigenvalue weighted by molar-refractivity contribution is 0.234. The topological polar surface area (TPSA) is 48.1 Å². The number of nitrogens with zero attached hydrogens (tertiary/aromatic N) is 1. The standard InChI is InChI=1S/C8H8N2O/c9-8-3-6-1-2-11-5-7(6)4-10-8/h1-4H,5H2,(H2,9,10). The number of anilines is 1. The highest BCUT2D eigenvalue weighted by Gasteiger charge is 2.04. The third kappa shape index (κ3) is 1.05. The lowest BCUT2D eigenvalue weighted by atomic mass is 10.1. The van der Waals surface area contributed by atoms with Crippen molar-refractivity contribution in [3.05, 3.63) is 29.7 Å². The minimum atomic E-state index is 0.551. The molecule has 2 N–H and O–H groups in total. The second-order valence-electron chi connectivity index (χ2n) is 2.42. The summed E-state index contributed by atoms with van der Waals surface area (Å²) in [6.07, 6.45) is 5.30. The van der Waals surface area contributed by atoms with Crippen molar-refractivity contribution in [2.75, 3.05) is 5.73 Å². The van der Waals surface area contributed by atoms with Crippen molar-refractivity contribution in [1.29, 1.82) is 0 Å². The Morgan fingerprint density at radius 3 is 3.36 bits per heavy atom. The summed E-state index contributed by atoms with van der Waals surface area (Å²) >= 11 is 0. The van der Waals surface area contributed by atoms with Crippen LogP contribution in [0.5, 0.6) is 0 Å². The summed E-state index contributed by atoms with van der Waals surface area (Å²) in [6, 6.07) is 1.84. The lowest BCUT2D eigenvalue weighted by Crippen LogP contribution is -1.99. The predicted octanol–water partition coefficient (Wildman–Crippen LogP) is 1.16. The van der Waals surface area contributed by atoms with Crippen LogP contribution < -0.4 is 5.73 Å². The summed E-state index contributed by atoms with van der Waals surface area (Å²) in [7, 11) is 0. The SMILES string of the molecule is Nc1cc2c(cn1)COC=C2. The van der Waals surface area contributed by atoms with E-state index in [2.05, 4.69) is 4.98 Å². The van der Waals surface area contributed by atoms with E-state index in [-0.39, 0.29) is 0 Å². The fraction of sp³-hybridized carbons (Fsp3) is 0.125. The molecule has 1 aliphatic heterocycles. The Morgan fingerprint density at radius 1 is 1.55 bits per heavy atom. The molecule has 2 rings (SSSR count). The molecule has 0 fully saturated rings. The highest BCUT2D eigenvalue weighted by molar-refractivity contribution is 5.57. The zero-order chi connectivity index (χ0) is 7.68. The molecule has 0 saturated heterocycles. The molecule has 0 radical (unpaired) electrons. The van der Waals surface area contributed by atoms with Gasteiger partial charge in [-0.3, -0.25) is 0 Å². The van der Waals surface area contributed by atoms with Gasteiger partial charge in [-0.05, 0) is 17.7 Å². The maximum Gasteiger partial charge on any atom is 0.123 e. The maximum atomic E-state index is 5.50. The van der Waals surface area contributed by atoms with Gasteiger partial charge in [0.2, 0.25) is 0 Å². The van der Waals surface area contributed by atoms with Gasteiger partial charge in [0, 0.05) is 11.8 Å². The van der Waals surface area contributed by atoms with Crippen LogP contribution >= 0.6 is 0 Å². The van der Waals surface area contributed by atoms with Crippen LogP contribution in [-0.2, 0) is 11.3 Å². The van der Waals surface area contributed by atoms with E-state index in [4.69, 9.17) is 10.5 Å². The third-order valence-corrected chi connectivity index (χ3v) is 1.63. The Bertz CT molecular complexity index is 307. The molecule has 56 valence electrons. The Hall–Kier alpha value is -1.51. The molecule has 3 heteroatoms. The average Bonchev–Trinajstić information content (AvgIpc) is 2.04. The first kappa shape index (κ1) is 6.22. The van der Waals surface area contributed by atoms with Crippen LogP contribution in [0.2, 0.25) is 0 Å². The molecule has 0 bridgehead atoms. The van der Waals surface area contributed by atoms with Crippen molar-refractivity contribution in [3.63, 3.8) is 0 Å². The molecule has 2 heterocycles. The fourth-order valence-electron chi connectivity index (χ4n) is 1.05. The largest absolute Gasteiger partial charge is 0.496 e. The molecule has 0 saturated carbocycles. The molecule has 1 aromatic heterocycles. The summed E-state index contributed by atoms with van der Waals surface area (Å²) in [5.74, 6) is 0.551. The van der Waals surface area contributed by atoms with E-state index >= 15 is 0 Å². The quantitative estimate of drug-likeness (QED) is 0.600. The second-order valence-corrected chi connectivity index (χ2v) is 2.42. The molecule has 1 aromatic rings. The van der Waals surface area contributed by atoms with Crippen molar-refractivity contribution in [1.82, 2.24) is 4.98 Å². The molecular formula is C8H8N2O. The van der Waals surface area contributed by atoms with E-state index in [0.29, 0.717) is 12.4 Å². The molecule has 0 aromatic carbocycles. The molecule has 3 nitrogen and oxygen atoms in total. The van der Waals surface area contributed by atoms with Crippen molar-refractivity contribution >= 4 is 11.9 Å². The van der Waals surface area contributed by atoms with Crippen LogP contribution in [-0.4, -0.2) is 4.98 Å². The highest BCUT2D eigenvalue weighted by atomic mass is 16.5.